The van der Waals surface area contributed by atoms with Crippen molar-refractivity contribution in [2.45, 2.75) is 13.3 Å². The van der Waals surface area contributed by atoms with Crippen LogP contribution in [0.5, 0.6) is 11.5 Å². The van der Waals surface area contributed by atoms with Crippen LogP contribution in [-0.4, -0.2) is 28.5 Å². The molecule has 0 aliphatic heterocycles. The molecule has 1 N–H and O–H groups in total. The molecule has 29 heavy (non-hydrogen) atoms. The molecule has 0 atom stereocenters. The summed E-state index contributed by atoms with van der Waals surface area (Å²) < 4.78 is 13.0. The lowest BCUT2D eigenvalue weighted by Crippen LogP contribution is -2.15. The van der Waals surface area contributed by atoms with Gasteiger partial charge in [0.1, 0.15) is 11.5 Å². The van der Waals surface area contributed by atoms with E-state index in [1.807, 2.05) is 77.6 Å². The molecule has 7 heteroatoms. The van der Waals surface area contributed by atoms with E-state index in [9.17, 15) is 4.79 Å². The number of rotatable bonds is 8. The largest absolute Gasteiger partial charge is 0.494 e. The third-order valence-corrected chi connectivity index (χ3v) is 5.06. The van der Waals surface area contributed by atoms with E-state index in [-0.39, 0.29) is 12.3 Å². The molecule has 0 unspecified atom stereocenters. The standard InChI is InChI=1S/C22H21N3O3S/c1-2-27-18-7-9-19(10-8-18)28-13-11-21(26)23-17-5-3-16(4-6-17)20-15-25-12-14-29-22(25)24-20/h3-10,12,14-15H,2,11,13H2,1H3,(H,23,26). The predicted molar refractivity (Wildman–Crippen MR) is 115 cm³/mol. The second-order valence-corrected chi connectivity index (χ2v) is 7.22. The number of thiazole rings is 1. The van der Waals surface area contributed by atoms with Crippen molar-refractivity contribution in [3.63, 3.8) is 0 Å². The monoisotopic (exact) mass is 407 g/mol. The van der Waals surface area contributed by atoms with Crippen LogP contribution in [0.2, 0.25) is 0 Å². The van der Waals surface area contributed by atoms with Crippen molar-refractivity contribution in [2.24, 2.45) is 0 Å². The Labute approximate surface area is 172 Å². The van der Waals surface area contributed by atoms with Crippen molar-refractivity contribution in [1.82, 2.24) is 9.38 Å². The Morgan fingerprint density at radius 2 is 1.79 bits per heavy atom. The van der Waals surface area contributed by atoms with E-state index >= 15 is 0 Å². The molecule has 2 aromatic carbocycles. The van der Waals surface area contributed by atoms with Gasteiger partial charge in [-0.25, -0.2) is 4.98 Å². The van der Waals surface area contributed by atoms with Gasteiger partial charge in [-0.05, 0) is 43.3 Å². The quantitative estimate of drug-likeness (QED) is 0.453. The number of imidazole rings is 1. The van der Waals surface area contributed by atoms with E-state index in [4.69, 9.17) is 9.47 Å². The number of hydrogen-bond acceptors (Lipinski definition) is 5. The lowest BCUT2D eigenvalue weighted by molar-refractivity contribution is -0.116. The number of aromatic nitrogens is 2. The summed E-state index contributed by atoms with van der Waals surface area (Å²) in [5.41, 5.74) is 2.68. The summed E-state index contributed by atoms with van der Waals surface area (Å²) in [7, 11) is 0. The van der Waals surface area contributed by atoms with Crippen LogP contribution in [0.15, 0.2) is 66.3 Å². The smallest absolute Gasteiger partial charge is 0.227 e. The molecule has 2 heterocycles. The first kappa shape index (κ1) is 19.0. The van der Waals surface area contributed by atoms with Crippen LogP contribution in [-0.2, 0) is 4.79 Å². The van der Waals surface area contributed by atoms with Crippen LogP contribution in [0.25, 0.3) is 16.2 Å². The third-order valence-electron chi connectivity index (χ3n) is 4.29. The molecule has 0 bridgehead atoms. The Morgan fingerprint density at radius 3 is 2.48 bits per heavy atom. The number of fused-ring (bicyclic) bond motifs is 1. The van der Waals surface area contributed by atoms with Crippen molar-refractivity contribution in [3.05, 3.63) is 66.3 Å². The van der Waals surface area contributed by atoms with E-state index in [0.29, 0.717) is 19.0 Å². The van der Waals surface area contributed by atoms with Crippen LogP contribution >= 0.6 is 11.3 Å². The molecule has 0 aliphatic rings. The molecular weight excluding hydrogens is 386 g/mol. The topological polar surface area (TPSA) is 64.9 Å². The minimum atomic E-state index is -0.0915. The van der Waals surface area contributed by atoms with Crippen LogP contribution in [0.4, 0.5) is 5.69 Å². The lowest BCUT2D eigenvalue weighted by Gasteiger charge is -2.09. The Hall–Kier alpha value is -3.32. The van der Waals surface area contributed by atoms with Crippen molar-refractivity contribution in [2.75, 3.05) is 18.5 Å². The molecule has 4 rings (SSSR count). The Kier molecular flexibility index (Phi) is 5.76. The second kappa shape index (κ2) is 8.79. The van der Waals surface area contributed by atoms with Gasteiger partial charge in [0.2, 0.25) is 5.91 Å². The van der Waals surface area contributed by atoms with Crippen molar-refractivity contribution >= 4 is 27.9 Å². The van der Waals surface area contributed by atoms with E-state index in [2.05, 4.69) is 10.3 Å². The third kappa shape index (κ3) is 4.75. The first-order valence-electron chi connectivity index (χ1n) is 9.39. The number of benzene rings is 2. The first-order valence-corrected chi connectivity index (χ1v) is 10.3. The van der Waals surface area contributed by atoms with Gasteiger partial charge in [0, 0.05) is 29.0 Å². The van der Waals surface area contributed by atoms with Crippen LogP contribution in [0, 0.1) is 0 Å². The Morgan fingerprint density at radius 1 is 1.07 bits per heavy atom. The van der Waals surface area contributed by atoms with E-state index in [0.717, 1.165) is 27.7 Å². The predicted octanol–water partition coefficient (Wildman–Crippen LogP) is 4.87. The van der Waals surface area contributed by atoms with E-state index < -0.39 is 0 Å². The van der Waals surface area contributed by atoms with Crippen LogP contribution in [0.1, 0.15) is 13.3 Å². The summed E-state index contributed by atoms with van der Waals surface area (Å²) in [6.07, 6.45) is 4.25. The minimum Gasteiger partial charge on any atom is -0.494 e. The number of nitrogens with zero attached hydrogens (tertiary/aromatic N) is 2. The molecular formula is C22H21N3O3S. The highest BCUT2D eigenvalue weighted by Gasteiger charge is 2.07. The molecule has 1 amide bonds. The summed E-state index contributed by atoms with van der Waals surface area (Å²) in [5, 5.41) is 4.90. The molecule has 0 fully saturated rings. The second-order valence-electron chi connectivity index (χ2n) is 6.35. The van der Waals surface area contributed by atoms with Crippen molar-refractivity contribution in [3.8, 4) is 22.8 Å². The Bertz CT molecular complexity index is 1060. The van der Waals surface area contributed by atoms with Gasteiger partial charge < -0.3 is 14.8 Å². The molecule has 0 saturated heterocycles. The number of carbonyl (C=O) groups excluding carboxylic acids is 1. The molecule has 6 nitrogen and oxygen atoms in total. The highest BCUT2D eigenvalue weighted by Crippen LogP contribution is 2.23. The fourth-order valence-electron chi connectivity index (χ4n) is 2.87. The SMILES string of the molecule is CCOc1ccc(OCCC(=O)Nc2ccc(-c3cn4ccsc4n3)cc2)cc1. The summed E-state index contributed by atoms with van der Waals surface area (Å²) in [6, 6.07) is 15.1. The highest BCUT2D eigenvalue weighted by molar-refractivity contribution is 7.15. The van der Waals surface area contributed by atoms with E-state index in [1.165, 1.54) is 0 Å². The average Bonchev–Trinajstić information content (AvgIpc) is 3.32. The zero-order valence-corrected chi connectivity index (χ0v) is 16.8. The van der Waals surface area contributed by atoms with Gasteiger partial charge in [-0.15, -0.1) is 11.3 Å². The number of nitrogens with one attached hydrogen (secondary N) is 1. The van der Waals surface area contributed by atoms with Crippen LogP contribution < -0.4 is 14.8 Å². The van der Waals surface area contributed by atoms with Crippen LogP contribution in [0.3, 0.4) is 0 Å². The zero-order valence-electron chi connectivity index (χ0n) is 16.0. The van der Waals surface area contributed by atoms with Gasteiger partial charge in [0.05, 0.1) is 25.3 Å². The maximum atomic E-state index is 12.2. The summed E-state index contributed by atoms with van der Waals surface area (Å²) in [5.74, 6) is 1.42. The van der Waals surface area contributed by atoms with Gasteiger partial charge in [-0.2, -0.15) is 0 Å². The van der Waals surface area contributed by atoms with Gasteiger partial charge >= 0.3 is 0 Å². The molecule has 2 aromatic heterocycles. The molecule has 0 radical (unpaired) electrons. The minimum absolute atomic E-state index is 0.0915. The summed E-state index contributed by atoms with van der Waals surface area (Å²) in [4.78, 5) is 17.7. The normalized spacial score (nSPS) is 10.8. The number of amides is 1. The number of ether oxygens (including phenoxy) is 2. The summed E-state index contributed by atoms with van der Waals surface area (Å²) in [6.45, 7) is 2.88. The fraction of sp³-hybridized carbons (Fsp3) is 0.182. The molecule has 0 aliphatic carbocycles. The number of carbonyl (C=O) groups is 1. The van der Waals surface area contributed by atoms with Gasteiger partial charge in [0.25, 0.3) is 0 Å². The molecule has 4 aromatic rings. The van der Waals surface area contributed by atoms with Crippen molar-refractivity contribution in [1.29, 1.82) is 0 Å². The number of anilines is 1. The lowest BCUT2D eigenvalue weighted by atomic mass is 10.1. The van der Waals surface area contributed by atoms with E-state index in [1.54, 1.807) is 11.3 Å². The maximum Gasteiger partial charge on any atom is 0.227 e. The van der Waals surface area contributed by atoms with Gasteiger partial charge in [0.15, 0.2) is 4.96 Å². The first-order chi connectivity index (χ1) is 14.2. The number of hydrogen-bond donors (Lipinski definition) is 1. The Balaban J connectivity index is 1.26. The van der Waals surface area contributed by atoms with Crippen molar-refractivity contribution < 1.29 is 14.3 Å². The highest BCUT2D eigenvalue weighted by atomic mass is 32.1. The fourth-order valence-corrected chi connectivity index (χ4v) is 3.57. The van der Waals surface area contributed by atoms with Gasteiger partial charge in [-0.1, -0.05) is 12.1 Å². The molecule has 148 valence electrons. The molecule has 0 saturated carbocycles. The summed E-state index contributed by atoms with van der Waals surface area (Å²) >= 11 is 1.60. The molecule has 0 spiro atoms. The average molecular weight is 407 g/mol. The van der Waals surface area contributed by atoms with Gasteiger partial charge in [-0.3, -0.25) is 9.20 Å². The zero-order chi connectivity index (χ0) is 20.1. The maximum absolute atomic E-state index is 12.2.